The van der Waals surface area contributed by atoms with Crippen LogP contribution in [-0.4, -0.2) is 113 Å². The zero-order valence-electron chi connectivity index (χ0n) is 40.6. The van der Waals surface area contributed by atoms with E-state index < -0.39 is 94.3 Å². The maximum absolute atomic E-state index is 12.5. The number of aliphatic hydroxyl groups excluding tert-OH is 1. The largest absolute Gasteiger partial charge is 0.493 e. The molecule has 0 radical (unpaired) electrons. The Morgan fingerprint density at radius 2 is 1.40 bits per heavy atom. The third-order valence-electron chi connectivity index (χ3n) is 11.4. The lowest BCUT2D eigenvalue weighted by Gasteiger charge is -2.12. The third-order valence-corrected chi connectivity index (χ3v) is 18.2. The van der Waals surface area contributed by atoms with Gasteiger partial charge in [-0.3, -0.25) is 27.2 Å². The Balaban J connectivity index is 1.19. The van der Waals surface area contributed by atoms with Gasteiger partial charge in [0.05, 0.1) is 67.4 Å². The standard InChI is InChI=1S/C44H37ClN10O18S7/c1-21-11-32(51-53-39-22(2)27(19-46)42-47-31-18-37(79(67,68)69)28(45)15-34(31)55(42)43(39)57)35(73-7-3-9-76(58,59)60)16-29(21)49-52-33-12-24(20-56)30(17-36(33)74-8-4-10-77(61,62)63)50-54-44-48-40-38(80(70,71)72)13-23-5-6-25(78(64,65)66)14-26(23)41(40)75-44/h5-6,11-18,56-57H,3-4,7-10,20H2,1-2H3,(H,58,59,60)(H,61,62,63)(H,64,65,66)(H,67,68,69)(H,70,71,72). The van der Waals surface area contributed by atoms with Crippen molar-refractivity contribution in [3.63, 3.8) is 0 Å². The molecule has 0 aliphatic rings. The zero-order valence-corrected chi connectivity index (χ0v) is 47.0. The Bertz CT molecular complexity index is 4640. The minimum atomic E-state index is -4.92. The van der Waals surface area contributed by atoms with Gasteiger partial charge in [0.15, 0.2) is 11.3 Å². The number of thioether (sulfide) groups is 1. The van der Waals surface area contributed by atoms with Gasteiger partial charge in [-0.05, 0) is 91.9 Å². The molecule has 0 fully saturated rings. The number of aromatic nitrogens is 3. The molecule has 0 saturated carbocycles. The van der Waals surface area contributed by atoms with Gasteiger partial charge in [0.2, 0.25) is 11.0 Å². The Hall–Kier alpha value is -6.76. The van der Waals surface area contributed by atoms with Crippen LogP contribution in [0, 0.1) is 25.2 Å². The number of rotatable bonds is 20. The molecule has 3 aromatic heterocycles. The molecule has 0 saturated heterocycles. The first-order valence-corrected chi connectivity index (χ1v) is 32.0. The van der Waals surface area contributed by atoms with Crippen LogP contribution in [0.4, 0.5) is 33.6 Å². The molecule has 80 heavy (non-hydrogen) atoms. The van der Waals surface area contributed by atoms with Gasteiger partial charge in [-0.1, -0.05) is 29.0 Å². The number of aryl methyl sites for hydroxylation is 1. The third kappa shape index (κ3) is 13.2. The summed E-state index contributed by atoms with van der Waals surface area (Å²) in [6, 6.07) is 13.9. The van der Waals surface area contributed by atoms with Gasteiger partial charge in [0.25, 0.3) is 50.6 Å². The second-order valence-electron chi connectivity index (χ2n) is 17.0. The number of nitrogens with zero attached hydrogens (tertiary/aromatic N) is 10. The van der Waals surface area contributed by atoms with E-state index in [1.807, 2.05) is 6.07 Å². The van der Waals surface area contributed by atoms with Gasteiger partial charge in [0.1, 0.15) is 38.4 Å². The monoisotopic (exact) mass is 1250 g/mol. The lowest BCUT2D eigenvalue weighted by molar-refractivity contribution is 0.282. The van der Waals surface area contributed by atoms with Crippen LogP contribution < -0.4 is 4.74 Å². The molecule has 7 N–H and O–H groups in total. The number of ether oxygens (including phenoxy) is 1. The Morgan fingerprint density at radius 1 is 0.738 bits per heavy atom. The first-order valence-electron chi connectivity index (χ1n) is 22.3. The number of thiazole rings is 1. The SMILES string of the molecule is Cc1cc(N=Nc2c(C)c(C#N)c3nc4cc(S(=O)(=O)O)c(Cl)cc4n3c2O)c(OCCCS(=O)(=O)O)cc1N=Nc1cc(CO)c(N=Nc2nc3c(S(=O)(=O)O)cc4ccc(S(=O)(=O)O)cc4c3s2)cc1SCCCS(=O)(=O)O. The number of hydrogen-bond acceptors (Lipinski definition) is 24. The van der Waals surface area contributed by atoms with Gasteiger partial charge in [-0.15, -0.1) is 37.3 Å². The van der Waals surface area contributed by atoms with Crippen molar-refractivity contribution in [3.05, 3.63) is 87.9 Å². The highest BCUT2D eigenvalue weighted by atomic mass is 35.5. The second kappa shape index (κ2) is 22.6. The van der Waals surface area contributed by atoms with Crippen LogP contribution >= 0.6 is 34.7 Å². The fraction of sp³-hybridized carbons (Fsp3) is 0.205. The number of benzene rings is 5. The Kier molecular flexibility index (Phi) is 16.8. The summed E-state index contributed by atoms with van der Waals surface area (Å²) in [6.45, 7) is 1.98. The molecular formula is C44H37ClN10O18S7. The van der Waals surface area contributed by atoms with Crippen LogP contribution in [0.3, 0.4) is 0 Å². The Morgan fingerprint density at radius 3 is 2.05 bits per heavy atom. The number of fused-ring (bicyclic) bond motifs is 6. The fourth-order valence-corrected chi connectivity index (χ4v) is 13.1. The van der Waals surface area contributed by atoms with E-state index in [2.05, 4.69) is 40.7 Å². The summed E-state index contributed by atoms with van der Waals surface area (Å²) in [5.41, 5.74) is -0.306. The lowest BCUT2D eigenvalue weighted by atomic mass is 10.1. The van der Waals surface area contributed by atoms with E-state index in [-0.39, 0.29) is 124 Å². The van der Waals surface area contributed by atoms with E-state index in [0.29, 0.717) is 5.56 Å². The van der Waals surface area contributed by atoms with Crippen LogP contribution in [-0.2, 0) is 57.2 Å². The van der Waals surface area contributed by atoms with Crippen molar-refractivity contribution < 1.29 is 79.8 Å². The summed E-state index contributed by atoms with van der Waals surface area (Å²) in [7, 11) is -23.2. The van der Waals surface area contributed by atoms with Crippen molar-refractivity contribution in [2.45, 2.75) is 52.9 Å². The zero-order chi connectivity index (χ0) is 58.4. The van der Waals surface area contributed by atoms with E-state index >= 15 is 0 Å². The van der Waals surface area contributed by atoms with E-state index in [0.717, 1.165) is 57.8 Å². The van der Waals surface area contributed by atoms with Crippen molar-refractivity contribution in [1.82, 2.24) is 14.4 Å². The number of aromatic hydroxyl groups is 1. The van der Waals surface area contributed by atoms with Gasteiger partial charge < -0.3 is 14.9 Å². The number of azo groups is 3. The predicted octanol–water partition coefficient (Wildman–Crippen LogP) is 9.60. The van der Waals surface area contributed by atoms with Gasteiger partial charge in [0, 0.05) is 27.5 Å². The molecule has 8 rings (SSSR count). The summed E-state index contributed by atoms with van der Waals surface area (Å²) < 4.78 is 174. The minimum Gasteiger partial charge on any atom is -0.493 e. The van der Waals surface area contributed by atoms with Crippen LogP contribution in [0.1, 0.15) is 35.1 Å². The summed E-state index contributed by atoms with van der Waals surface area (Å²) in [6.07, 6.45) is -0.280. The van der Waals surface area contributed by atoms with Gasteiger partial charge >= 0.3 is 0 Å². The molecule has 0 aliphatic carbocycles. The maximum atomic E-state index is 12.5. The molecule has 0 spiro atoms. The number of nitriles is 1. The molecule has 0 atom stereocenters. The number of pyridine rings is 1. The predicted molar refractivity (Wildman–Crippen MR) is 290 cm³/mol. The molecule has 28 nitrogen and oxygen atoms in total. The number of hydrogen-bond donors (Lipinski definition) is 7. The van der Waals surface area contributed by atoms with Crippen molar-refractivity contribution >= 4 is 157 Å². The highest BCUT2D eigenvalue weighted by Crippen LogP contribution is 2.45. The molecule has 0 bridgehead atoms. The van der Waals surface area contributed by atoms with E-state index in [9.17, 15) is 80.3 Å². The summed E-state index contributed by atoms with van der Waals surface area (Å²) in [5.74, 6) is -1.97. The van der Waals surface area contributed by atoms with Crippen LogP contribution in [0.5, 0.6) is 11.6 Å². The quantitative estimate of drug-likeness (QED) is 0.0161. The molecule has 36 heteroatoms. The first kappa shape index (κ1) is 59.4. The normalized spacial score (nSPS) is 13.1. The molecule has 0 aliphatic heterocycles. The lowest BCUT2D eigenvalue weighted by Crippen LogP contribution is -2.08. The van der Waals surface area contributed by atoms with E-state index in [1.54, 1.807) is 6.92 Å². The number of imidazole rings is 1. The van der Waals surface area contributed by atoms with Gasteiger partial charge in [-0.2, -0.15) is 52.5 Å². The molecule has 5 aromatic carbocycles. The Labute approximate surface area is 465 Å². The maximum Gasteiger partial charge on any atom is 0.296 e. The molecule has 0 unspecified atom stereocenters. The van der Waals surface area contributed by atoms with Crippen molar-refractivity contribution in [1.29, 1.82) is 5.26 Å². The fourth-order valence-electron chi connectivity index (χ4n) is 7.73. The second-order valence-corrected chi connectivity index (χ2v) is 26.8. The van der Waals surface area contributed by atoms with Gasteiger partial charge in [-0.25, -0.2) is 9.97 Å². The summed E-state index contributed by atoms with van der Waals surface area (Å²) in [5, 5.41) is 57.7. The number of halogens is 1. The highest BCUT2D eigenvalue weighted by Gasteiger charge is 2.26. The summed E-state index contributed by atoms with van der Waals surface area (Å²) in [4.78, 5) is 6.92. The average molecular weight is 1250 g/mol. The van der Waals surface area contributed by atoms with E-state index in [1.165, 1.54) is 37.3 Å². The van der Waals surface area contributed by atoms with Crippen LogP contribution in [0.15, 0.2) is 111 Å². The van der Waals surface area contributed by atoms with Crippen molar-refractivity contribution in [2.24, 2.45) is 30.7 Å². The van der Waals surface area contributed by atoms with Crippen LogP contribution in [0.2, 0.25) is 5.02 Å². The minimum absolute atomic E-state index is 0.0124. The smallest absolute Gasteiger partial charge is 0.296 e. The summed E-state index contributed by atoms with van der Waals surface area (Å²) >= 11 is 7.96. The van der Waals surface area contributed by atoms with Crippen LogP contribution in [0.25, 0.3) is 37.7 Å². The topological polar surface area (TPSA) is 450 Å². The molecule has 3 heterocycles. The molecule has 420 valence electrons. The molecular weight excluding hydrogens is 1220 g/mol. The van der Waals surface area contributed by atoms with E-state index in [4.69, 9.17) is 16.3 Å². The molecule has 0 amide bonds. The first-order chi connectivity index (χ1) is 37.3. The van der Waals surface area contributed by atoms with Crippen molar-refractivity contribution in [2.75, 3.05) is 23.9 Å². The average Bonchev–Trinajstić information content (AvgIpc) is 4.13. The van der Waals surface area contributed by atoms with Crippen molar-refractivity contribution in [3.8, 4) is 17.7 Å². The highest BCUT2D eigenvalue weighted by molar-refractivity contribution is 7.99. The molecule has 8 aromatic rings. The number of aliphatic hydroxyl groups is 1.